The molecule has 0 bridgehead atoms. The Balaban J connectivity index is 2.67. The van der Waals surface area contributed by atoms with Crippen LogP contribution in [0, 0.1) is 12.8 Å². The molecule has 0 saturated carbocycles. The third-order valence-electron chi connectivity index (χ3n) is 2.41. The number of nitrogens with zero attached hydrogens (tertiary/aromatic N) is 2. The minimum Gasteiger partial charge on any atom is -0.394 e. The highest BCUT2D eigenvalue weighted by molar-refractivity contribution is 5.74. The van der Waals surface area contributed by atoms with E-state index in [0.717, 1.165) is 0 Å². The maximum atomic E-state index is 11.7. The predicted octanol–water partition coefficient (Wildman–Crippen LogP) is 0.755. The first-order chi connectivity index (χ1) is 8.43. The van der Waals surface area contributed by atoms with Crippen LogP contribution in [0.5, 0.6) is 0 Å². The molecule has 0 fully saturated rings. The summed E-state index contributed by atoms with van der Waals surface area (Å²) in [6.45, 7) is 7.21. The number of rotatable bonds is 5. The molecule has 102 valence electrons. The van der Waals surface area contributed by atoms with Crippen molar-refractivity contribution in [3.8, 4) is 0 Å². The summed E-state index contributed by atoms with van der Waals surface area (Å²) < 4.78 is 5.07. The van der Waals surface area contributed by atoms with Gasteiger partial charge in [0.15, 0.2) is 5.82 Å². The van der Waals surface area contributed by atoms with Crippen molar-refractivity contribution in [2.75, 3.05) is 6.61 Å². The van der Waals surface area contributed by atoms with Crippen LogP contribution in [0.1, 0.15) is 38.5 Å². The van der Waals surface area contributed by atoms with E-state index in [4.69, 9.17) is 9.63 Å². The van der Waals surface area contributed by atoms with Crippen LogP contribution in [0.4, 0.5) is 4.79 Å². The topological polar surface area (TPSA) is 100 Å². The highest BCUT2D eigenvalue weighted by atomic mass is 16.5. The number of hydrogen-bond donors (Lipinski definition) is 3. The second-order valence-corrected chi connectivity index (χ2v) is 4.60. The molecule has 1 rings (SSSR count). The van der Waals surface area contributed by atoms with E-state index < -0.39 is 0 Å². The summed E-state index contributed by atoms with van der Waals surface area (Å²) in [6.07, 6.45) is 0. The molecule has 7 heteroatoms. The van der Waals surface area contributed by atoms with Crippen molar-refractivity contribution in [3.63, 3.8) is 0 Å². The fourth-order valence-electron chi connectivity index (χ4n) is 1.41. The van der Waals surface area contributed by atoms with Crippen LogP contribution in [-0.2, 0) is 0 Å². The van der Waals surface area contributed by atoms with Gasteiger partial charge in [0.1, 0.15) is 6.04 Å². The van der Waals surface area contributed by atoms with E-state index in [9.17, 15) is 4.79 Å². The molecule has 18 heavy (non-hydrogen) atoms. The first-order valence-corrected chi connectivity index (χ1v) is 5.92. The molecule has 0 aliphatic rings. The van der Waals surface area contributed by atoms with Gasteiger partial charge < -0.3 is 20.3 Å². The number of aliphatic hydroxyl groups is 1. The molecular weight excluding hydrogens is 236 g/mol. The highest BCUT2D eigenvalue weighted by Gasteiger charge is 2.24. The van der Waals surface area contributed by atoms with E-state index >= 15 is 0 Å². The van der Waals surface area contributed by atoms with E-state index in [1.807, 2.05) is 13.8 Å². The average Bonchev–Trinajstić information content (AvgIpc) is 2.71. The standard InChI is InChI=1S/C11H20N4O3/c1-6(2)9(10-13-8(4)15-18-10)14-11(17)12-7(3)5-16/h6-7,9,16H,5H2,1-4H3,(H2,12,14,17)/t7-,9?/m0/s1. The number of carbonyl (C=O) groups is 1. The molecule has 3 N–H and O–H groups in total. The van der Waals surface area contributed by atoms with Crippen molar-refractivity contribution < 1.29 is 14.4 Å². The molecule has 1 aromatic heterocycles. The second kappa shape index (κ2) is 6.34. The van der Waals surface area contributed by atoms with Gasteiger partial charge in [-0.15, -0.1) is 0 Å². The van der Waals surface area contributed by atoms with E-state index in [2.05, 4.69) is 20.8 Å². The summed E-state index contributed by atoms with van der Waals surface area (Å²) >= 11 is 0. The summed E-state index contributed by atoms with van der Waals surface area (Å²) in [7, 11) is 0. The summed E-state index contributed by atoms with van der Waals surface area (Å²) in [4.78, 5) is 15.8. The van der Waals surface area contributed by atoms with Crippen molar-refractivity contribution >= 4 is 6.03 Å². The zero-order valence-corrected chi connectivity index (χ0v) is 11.1. The fourth-order valence-corrected chi connectivity index (χ4v) is 1.41. The van der Waals surface area contributed by atoms with Crippen molar-refractivity contribution in [1.82, 2.24) is 20.8 Å². The Morgan fingerprint density at radius 1 is 1.39 bits per heavy atom. The van der Waals surface area contributed by atoms with Crippen LogP contribution < -0.4 is 10.6 Å². The van der Waals surface area contributed by atoms with E-state index in [0.29, 0.717) is 11.7 Å². The van der Waals surface area contributed by atoms with Crippen molar-refractivity contribution in [2.24, 2.45) is 5.92 Å². The second-order valence-electron chi connectivity index (χ2n) is 4.60. The number of nitrogens with one attached hydrogen (secondary N) is 2. The molecule has 0 spiro atoms. The molecule has 0 saturated heterocycles. The van der Waals surface area contributed by atoms with Gasteiger partial charge in [0.05, 0.1) is 12.6 Å². The van der Waals surface area contributed by atoms with Gasteiger partial charge in [-0.05, 0) is 19.8 Å². The first kappa shape index (κ1) is 14.4. The lowest BCUT2D eigenvalue weighted by Gasteiger charge is -2.20. The Hall–Kier alpha value is -1.63. The number of carbonyl (C=O) groups excluding carboxylic acids is 1. The largest absolute Gasteiger partial charge is 0.394 e. The molecule has 0 aromatic carbocycles. The summed E-state index contributed by atoms with van der Waals surface area (Å²) in [5, 5.41) is 17.9. The third kappa shape index (κ3) is 3.99. The number of aromatic nitrogens is 2. The normalized spacial score (nSPS) is 14.3. The number of hydrogen-bond acceptors (Lipinski definition) is 5. The molecule has 0 radical (unpaired) electrons. The molecule has 1 aromatic rings. The lowest BCUT2D eigenvalue weighted by atomic mass is 10.0. The number of aryl methyl sites for hydroxylation is 1. The Bertz CT molecular complexity index is 391. The monoisotopic (exact) mass is 256 g/mol. The smallest absolute Gasteiger partial charge is 0.315 e. The SMILES string of the molecule is Cc1noc(C(NC(=O)N[C@@H](C)CO)C(C)C)n1. The Labute approximate surface area is 106 Å². The van der Waals surface area contributed by atoms with E-state index in [1.165, 1.54) is 0 Å². The van der Waals surface area contributed by atoms with Crippen LogP contribution >= 0.6 is 0 Å². The van der Waals surface area contributed by atoms with Gasteiger partial charge in [0.25, 0.3) is 0 Å². The van der Waals surface area contributed by atoms with Crippen LogP contribution in [0.15, 0.2) is 4.52 Å². The Kier molecular flexibility index (Phi) is 5.08. The predicted molar refractivity (Wildman–Crippen MR) is 64.8 cm³/mol. The minimum absolute atomic E-state index is 0.111. The van der Waals surface area contributed by atoms with Gasteiger partial charge in [0.2, 0.25) is 5.89 Å². The van der Waals surface area contributed by atoms with Gasteiger partial charge in [0, 0.05) is 0 Å². The molecular formula is C11H20N4O3. The van der Waals surface area contributed by atoms with E-state index in [-0.39, 0.29) is 30.6 Å². The molecule has 2 atom stereocenters. The van der Waals surface area contributed by atoms with Crippen LogP contribution in [0.3, 0.4) is 0 Å². The third-order valence-corrected chi connectivity index (χ3v) is 2.41. The highest BCUT2D eigenvalue weighted by Crippen LogP contribution is 2.19. The van der Waals surface area contributed by atoms with Crippen molar-refractivity contribution in [2.45, 2.75) is 39.8 Å². The zero-order valence-electron chi connectivity index (χ0n) is 11.1. The Morgan fingerprint density at radius 3 is 2.50 bits per heavy atom. The van der Waals surface area contributed by atoms with Gasteiger partial charge in [-0.3, -0.25) is 0 Å². The zero-order chi connectivity index (χ0) is 13.7. The fraction of sp³-hybridized carbons (Fsp3) is 0.727. The van der Waals surface area contributed by atoms with Crippen molar-refractivity contribution in [1.29, 1.82) is 0 Å². The maximum Gasteiger partial charge on any atom is 0.315 e. The number of amides is 2. The van der Waals surface area contributed by atoms with E-state index in [1.54, 1.807) is 13.8 Å². The van der Waals surface area contributed by atoms with Gasteiger partial charge >= 0.3 is 6.03 Å². The molecule has 0 aliphatic heterocycles. The lowest BCUT2D eigenvalue weighted by molar-refractivity contribution is 0.209. The van der Waals surface area contributed by atoms with Crippen molar-refractivity contribution in [3.05, 3.63) is 11.7 Å². The van der Waals surface area contributed by atoms with Gasteiger partial charge in [-0.25, -0.2) is 4.79 Å². The summed E-state index contributed by atoms with van der Waals surface area (Å²) in [5.41, 5.74) is 0. The average molecular weight is 256 g/mol. The number of aliphatic hydroxyl groups excluding tert-OH is 1. The van der Waals surface area contributed by atoms with Crippen LogP contribution in [0.2, 0.25) is 0 Å². The number of urea groups is 1. The summed E-state index contributed by atoms with van der Waals surface area (Å²) in [6, 6.07) is -1.02. The first-order valence-electron chi connectivity index (χ1n) is 5.92. The Morgan fingerprint density at radius 2 is 2.06 bits per heavy atom. The minimum atomic E-state index is -0.369. The molecule has 1 heterocycles. The molecule has 7 nitrogen and oxygen atoms in total. The van der Waals surface area contributed by atoms with Crippen LogP contribution in [0.25, 0.3) is 0 Å². The maximum absolute atomic E-state index is 11.7. The summed E-state index contributed by atoms with van der Waals surface area (Å²) in [5.74, 6) is 1.02. The quantitative estimate of drug-likeness (QED) is 0.722. The molecule has 0 aliphatic carbocycles. The molecule has 2 amide bonds. The lowest BCUT2D eigenvalue weighted by Crippen LogP contribution is -2.44. The molecule has 1 unspecified atom stereocenters. The van der Waals surface area contributed by atoms with Gasteiger partial charge in [-0.1, -0.05) is 19.0 Å². The van der Waals surface area contributed by atoms with Gasteiger partial charge in [-0.2, -0.15) is 4.98 Å². The van der Waals surface area contributed by atoms with Crippen LogP contribution in [-0.4, -0.2) is 33.9 Å².